The Morgan fingerprint density at radius 3 is 2.27 bits per heavy atom. The van der Waals surface area contributed by atoms with Crippen LogP contribution in [0.2, 0.25) is 0 Å². The number of rotatable bonds is 3. The van der Waals surface area contributed by atoms with Gasteiger partial charge in [-0.05, 0) is 31.1 Å². The number of hydrogen-bond acceptors (Lipinski definition) is 1. The molecule has 0 spiro atoms. The van der Waals surface area contributed by atoms with Crippen molar-refractivity contribution in [3.05, 3.63) is 17.7 Å². The zero-order valence-corrected chi connectivity index (χ0v) is 10.3. The van der Waals surface area contributed by atoms with E-state index < -0.39 is 0 Å². The lowest BCUT2D eigenvalue weighted by atomic mass is 9.91. The van der Waals surface area contributed by atoms with Crippen molar-refractivity contribution in [2.75, 3.05) is 0 Å². The first-order chi connectivity index (χ1) is 7.11. The van der Waals surface area contributed by atoms with Gasteiger partial charge in [0, 0.05) is 11.7 Å². The Labute approximate surface area is 92.7 Å². The second-order valence-electron chi connectivity index (χ2n) is 5.32. The minimum Gasteiger partial charge on any atom is -0.331 e. The van der Waals surface area contributed by atoms with E-state index in [9.17, 15) is 0 Å². The maximum absolute atomic E-state index is 4.60. The summed E-state index contributed by atoms with van der Waals surface area (Å²) < 4.78 is 2.43. The van der Waals surface area contributed by atoms with Gasteiger partial charge in [-0.1, -0.05) is 27.7 Å². The van der Waals surface area contributed by atoms with E-state index in [-0.39, 0.29) is 0 Å². The van der Waals surface area contributed by atoms with Crippen LogP contribution in [-0.2, 0) is 0 Å². The molecule has 1 aromatic rings. The molecule has 2 heteroatoms. The largest absolute Gasteiger partial charge is 0.331 e. The minimum atomic E-state index is 0.545. The van der Waals surface area contributed by atoms with Gasteiger partial charge in [-0.2, -0.15) is 0 Å². The fourth-order valence-electron chi connectivity index (χ4n) is 2.38. The molecule has 0 amide bonds. The molecule has 15 heavy (non-hydrogen) atoms. The standard InChI is InChI=1S/C13H22N2/c1-9(2)12-13(10(3)4)15(8-14-12)11-6-5-7-11/h8-11H,5-7H2,1-4H3. The summed E-state index contributed by atoms with van der Waals surface area (Å²) in [4.78, 5) is 4.60. The third-order valence-corrected chi connectivity index (χ3v) is 3.42. The average Bonchev–Trinajstić information content (AvgIpc) is 2.45. The molecule has 1 fully saturated rings. The average molecular weight is 206 g/mol. The predicted octanol–water partition coefficient (Wildman–Crippen LogP) is 3.85. The molecule has 0 N–H and O–H groups in total. The van der Waals surface area contributed by atoms with Crippen molar-refractivity contribution in [3.63, 3.8) is 0 Å². The maximum Gasteiger partial charge on any atom is 0.0954 e. The Morgan fingerprint density at radius 2 is 1.87 bits per heavy atom. The van der Waals surface area contributed by atoms with E-state index >= 15 is 0 Å². The molecule has 1 aliphatic carbocycles. The quantitative estimate of drug-likeness (QED) is 0.734. The van der Waals surface area contributed by atoms with Crippen LogP contribution in [0, 0.1) is 0 Å². The Morgan fingerprint density at radius 1 is 1.20 bits per heavy atom. The third kappa shape index (κ3) is 1.82. The van der Waals surface area contributed by atoms with Crippen molar-refractivity contribution in [1.82, 2.24) is 9.55 Å². The first-order valence-corrected chi connectivity index (χ1v) is 6.18. The SMILES string of the molecule is CC(C)c1ncn(C2CCC2)c1C(C)C. The Kier molecular flexibility index (Phi) is 2.85. The van der Waals surface area contributed by atoms with E-state index in [1.807, 2.05) is 0 Å². The van der Waals surface area contributed by atoms with Gasteiger partial charge >= 0.3 is 0 Å². The van der Waals surface area contributed by atoms with Gasteiger partial charge in [0.25, 0.3) is 0 Å². The summed E-state index contributed by atoms with van der Waals surface area (Å²) in [7, 11) is 0. The maximum atomic E-state index is 4.60. The van der Waals surface area contributed by atoms with Crippen LogP contribution < -0.4 is 0 Å². The highest BCUT2D eigenvalue weighted by Crippen LogP contribution is 2.36. The molecule has 0 radical (unpaired) electrons. The van der Waals surface area contributed by atoms with Gasteiger partial charge in [-0.15, -0.1) is 0 Å². The zero-order chi connectivity index (χ0) is 11.0. The van der Waals surface area contributed by atoms with E-state index in [0.29, 0.717) is 11.8 Å². The van der Waals surface area contributed by atoms with Gasteiger partial charge in [0.05, 0.1) is 12.0 Å². The van der Waals surface area contributed by atoms with Gasteiger partial charge in [-0.25, -0.2) is 4.98 Å². The van der Waals surface area contributed by atoms with Crippen LogP contribution in [0.5, 0.6) is 0 Å². The molecule has 2 rings (SSSR count). The first kappa shape index (κ1) is 10.7. The number of hydrogen-bond donors (Lipinski definition) is 0. The van der Waals surface area contributed by atoms with Crippen LogP contribution in [0.1, 0.15) is 76.2 Å². The summed E-state index contributed by atoms with van der Waals surface area (Å²) >= 11 is 0. The van der Waals surface area contributed by atoms with E-state index in [2.05, 4.69) is 43.6 Å². The topological polar surface area (TPSA) is 17.8 Å². The summed E-state index contributed by atoms with van der Waals surface area (Å²) in [5, 5.41) is 0. The van der Waals surface area contributed by atoms with Gasteiger partial charge in [-0.3, -0.25) is 0 Å². The zero-order valence-electron chi connectivity index (χ0n) is 10.3. The first-order valence-electron chi connectivity index (χ1n) is 6.18. The Bertz CT molecular complexity index is 332. The molecule has 0 bridgehead atoms. The molecule has 1 saturated carbocycles. The molecule has 1 aliphatic rings. The molecule has 0 saturated heterocycles. The molecule has 0 aliphatic heterocycles. The van der Waals surface area contributed by atoms with Crippen molar-refractivity contribution < 1.29 is 0 Å². The molecule has 0 atom stereocenters. The molecule has 1 heterocycles. The van der Waals surface area contributed by atoms with E-state index in [1.54, 1.807) is 0 Å². The van der Waals surface area contributed by atoms with Crippen LogP contribution >= 0.6 is 0 Å². The van der Waals surface area contributed by atoms with Crippen LogP contribution in [0.4, 0.5) is 0 Å². The van der Waals surface area contributed by atoms with Crippen LogP contribution in [0.25, 0.3) is 0 Å². The molecule has 2 nitrogen and oxygen atoms in total. The lowest BCUT2D eigenvalue weighted by Gasteiger charge is -2.30. The fraction of sp³-hybridized carbons (Fsp3) is 0.769. The second kappa shape index (κ2) is 3.99. The second-order valence-corrected chi connectivity index (χ2v) is 5.32. The lowest BCUT2D eigenvalue weighted by Crippen LogP contribution is -2.19. The summed E-state index contributed by atoms with van der Waals surface area (Å²) in [6.07, 6.45) is 6.13. The molecule has 0 aromatic carbocycles. The van der Waals surface area contributed by atoms with Crippen LogP contribution in [0.15, 0.2) is 6.33 Å². The molecule has 0 unspecified atom stereocenters. The molecule has 1 aromatic heterocycles. The fourth-order valence-corrected chi connectivity index (χ4v) is 2.38. The van der Waals surface area contributed by atoms with E-state index in [4.69, 9.17) is 0 Å². The highest BCUT2D eigenvalue weighted by molar-refractivity contribution is 5.21. The highest BCUT2D eigenvalue weighted by atomic mass is 15.1. The minimum absolute atomic E-state index is 0.545. The molecule has 84 valence electrons. The predicted molar refractivity (Wildman–Crippen MR) is 63.3 cm³/mol. The lowest BCUT2D eigenvalue weighted by molar-refractivity contribution is 0.304. The van der Waals surface area contributed by atoms with Gasteiger partial charge in [0.1, 0.15) is 0 Å². The van der Waals surface area contributed by atoms with Crippen LogP contribution in [-0.4, -0.2) is 9.55 Å². The van der Waals surface area contributed by atoms with Crippen molar-refractivity contribution in [2.24, 2.45) is 0 Å². The van der Waals surface area contributed by atoms with Crippen molar-refractivity contribution in [2.45, 2.75) is 64.8 Å². The van der Waals surface area contributed by atoms with Gasteiger partial charge < -0.3 is 4.57 Å². The number of nitrogens with zero attached hydrogens (tertiary/aromatic N) is 2. The summed E-state index contributed by atoms with van der Waals surface area (Å²) in [6.45, 7) is 9.02. The Hall–Kier alpha value is -0.790. The van der Waals surface area contributed by atoms with Gasteiger partial charge in [0.15, 0.2) is 0 Å². The smallest absolute Gasteiger partial charge is 0.0954 e. The third-order valence-electron chi connectivity index (χ3n) is 3.42. The number of aromatic nitrogens is 2. The normalized spacial score (nSPS) is 17.5. The highest BCUT2D eigenvalue weighted by Gasteiger charge is 2.25. The summed E-state index contributed by atoms with van der Waals surface area (Å²) in [5.41, 5.74) is 2.77. The van der Waals surface area contributed by atoms with E-state index in [1.165, 1.54) is 30.7 Å². The molecular weight excluding hydrogens is 184 g/mol. The molecular formula is C13H22N2. The van der Waals surface area contributed by atoms with Crippen molar-refractivity contribution in [1.29, 1.82) is 0 Å². The monoisotopic (exact) mass is 206 g/mol. The van der Waals surface area contributed by atoms with Crippen LogP contribution in [0.3, 0.4) is 0 Å². The Balaban J connectivity index is 2.37. The summed E-state index contributed by atoms with van der Waals surface area (Å²) in [6, 6.07) is 0.738. The van der Waals surface area contributed by atoms with Gasteiger partial charge in [0.2, 0.25) is 0 Å². The van der Waals surface area contributed by atoms with E-state index in [0.717, 1.165) is 6.04 Å². The summed E-state index contributed by atoms with van der Waals surface area (Å²) in [5.74, 6) is 1.13. The van der Waals surface area contributed by atoms with Crippen molar-refractivity contribution >= 4 is 0 Å². The van der Waals surface area contributed by atoms with Crippen molar-refractivity contribution in [3.8, 4) is 0 Å². The number of imidazole rings is 1.